The van der Waals surface area contributed by atoms with Crippen LogP contribution in [0.4, 0.5) is 0 Å². The van der Waals surface area contributed by atoms with Crippen LogP contribution in [0.2, 0.25) is 0 Å². The van der Waals surface area contributed by atoms with E-state index in [0.29, 0.717) is 5.92 Å². The number of thioether (sulfide) groups is 1. The highest BCUT2D eigenvalue weighted by Crippen LogP contribution is 2.34. The maximum Gasteiger partial charge on any atom is 0.191 e. The van der Waals surface area contributed by atoms with Gasteiger partial charge in [-0.3, -0.25) is 4.99 Å². The summed E-state index contributed by atoms with van der Waals surface area (Å²) in [5.74, 6) is 1.42. The number of guanidine groups is 1. The third kappa shape index (κ3) is 5.69. The molecule has 1 aromatic heterocycles. The molecule has 4 nitrogen and oxygen atoms in total. The van der Waals surface area contributed by atoms with E-state index in [1.807, 2.05) is 23.1 Å². The summed E-state index contributed by atoms with van der Waals surface area (Å²) in [7, 11) is 0. The van der Waals surface area contributed by atoms with Gasteiger partial charge in [0.15, 0.2) is 5.96 Å². The second kappa shape index (κ2) is 9.55. The summed E-state index contributed by atoms with van der Waals surface area (Å²) in [5.41, 5.74) is 0. The van der Waals surface area contributed by atoms with Crippen molar-refractivity contribution < 1.29 is 4.74 Å². The van der Waals surface area contributed by atoms with Crippen LogP contribution in [-0.4, -0.2) is 49.8 Å². The van der Waals surface area contributed by atoms with Crippen molar-refractivity contribution in [2.45, 2.75) is 37.4 Å². The number of hydrogen-bond acceptors (Lipinski definition) is 4. The van der Waals surface area contributed by atoms with E-state index in [4.69, 9.17) is 9.73 Å². The van der Waals surface area contributed by atoms with E-state index < -0.39 is 0 Å². The summed E-state index contributed by atoms with van der Waals surface area (Å²) in [5, 5.41) is 9.00. The molecule has 1 saturated heterocycles. The van der Waals surface area contributed by atoms with E-state index in [2.05, 4.69) is 48.2 Å². The summed E-state index contributed by atoms with van der Waals surface area (Å²) in [6, 6.07) is 4.31. The van der Waals surface area contributed by atoms with Crippen LogP contribution in [0.5, 0.6) is 0 Å². The molecule has 2 heterocycles. The molecule has 2 rings (SSSR count). The lowest BCUT2D eigenvalue weighted by atomic mass is 9.99. The van der Waals surface area contributed by atoms with Crippen LogP contribution in [0.3, 0.4) is 0 Å². The van der Waals surface area contributed by atoms with Gasteiger partial charge in [0.25, 0.3) is 0 Å². The van der Waals surface area contributed by atoms with Gasteiger partial charge in [0.2, 0.25) is 0 Å². The number of hydrogen-bond donors (Lipinski definition) is 2. The Labute approximate surface area is 148 Å². The van der Waals surface area contributed by atoms with Gasteiger partial charge in [-0.05, 0) is 37.5 Å². The molecule has 0 aromatic carbocycles. The second-order valence-corrected chi connectivity index (χ2v) is 8.25. The standard InChI is InChI=1S/C17H29N3OS2/c1-4-18-16(19-12-14(2)15-6-5-11-23-15)20-13-17(22-3)7-9-21-10-8-17/h5-6,11,14H,4,7-10,12-13H2,1-3H3,(H2,18,19,20). The summed E-state index contributed by atoms with van der Waals surface area (Å²) >= 11 is 3.75. The van der Waals surface area contributed by atoms with E-state index in [-0.39, 0.29) is 4.75 Å². The van der Waals surface area contributed by atoms with E-state index in [9.17, 15) is 0 Å². The third-order valence-corrected chi connectivity index (χ3v) is 6.82. The van der Waals surface area contributed by atoms with Crippen LogP contribution in [0.15, 0.2) is 22.5 Å². The highest BCUT2D eigenvalue weighted by atomic mass is 32.2. The molecule has 6 heteroatoms. The van der Waals surface area contributed by atoms with Gasteiger partial charge in [0, 0.05) is 41.8 Å². The monoisotopic (exact) mass is 355 g/mol. The summed E-state index contributed by atoms with van der Waals surface area (Å²) in [6.45, 7) is 8.71. The van der Waals surface area contributed by atoms with Gasteiger partial charge < -0.3 is 15.4 Å². The molecule has 0 spiro atoms. The summed E-state index contributed by atoms with van der Waals surface area (Å²) in [6.07, 6.45) is 4.37. The number of ether oxygens (including phenoxy) is 1. The van der Waals surface area contributed by atoms with Gasteiger partial charge in [-0.25, -0.2) is 0 Å². The molecule has 2 N–H and O–H groups in total. The SMILES string of the molecule is CCNC(=NCC1(SC)CCOCC1)NCC(C)c1cccs1. The molecule has 1 aliphatic rings. The molecule has 23 heavy (non-hydrogen) atoms. The Morgan fingerprint density at radius 1 is 1.43 bits per heavy atom. The van der Waals surface area contributed by atoms with Crippen LogP contribution in [0, 0.1) is 0 Å². The predicted octanol–water partition coefficient (Wildman–Crippen LogP) is 3.32. The first-order valence-electron chi connectivity index (χ1n) is 8.37. The maximum atomic E-state index is 5.51. The van der Waals surface area contributed by atoms with Crippen molar-refractivity contribution >= 4 is 29.1 Å². The van der Waals surface area contributed by atoms with E-state index >= 15 is 0 Å². The first-order valence-corrected chi connectivity index (χ1v) is 10.5. The lowest BCUT2D eigenvalue weighted by molar-refractivity contribution is 0.0794. The van der Waals surface area contributed by atoms with Crippen LogP contribution in [0.25, 0.3) is 0 Å². The molecule has 0 aliphatic carbocycles. The zero-order chi connectivity index (χ0) is 16.5. The molecule has 1 aromatic rings. The maximum absolute atomic E-state index is 5.51. The normalized spacial score (nSPS) is 19.3. The molecule has 0 saturated carbocycles. The van der Waals surface area contributed by atoms with E-state index in [1.54, 1.807) is 0 Å². The molecule has 1 fully saturated rings. The average molecular weight is 356 g/mol. The van der Waals surface area contributed by atoms with Crippen molar-refractivity contribution in [3.63, 3.8) is 0 Å². The van der Waals surface area contributed by atoms with Gasteiger partial charge in [-0.1, -0.05) is 13.0 Å². The number of nitrogens with zero attached hydrogens (tertiary/aromatic N) is 1. The lowest BCUT2D eigenvalue weighted by Gasteiger charge is -2.34. The first-order chi connectivity index (χ1) is 11.2. The van der Waals surface area contributed by atoms with Crippen LogP contribution in [-0.2, 0) is 4.74 Å². The number of nitrogens with one attached hydrogen (secondary N) is 2. The molecular formula is C17H29N3OS2. The Morgan fingerprint density at radius 3 is 2.83 bits per heavy atom. The van der Waals surface area contributed by atoms with Crippen molar-refractivity contribution in [1.29, 1.82) is 0 Å². The molecule has 1 atom stereocenters. The second-order valence-electron chi connectivity index (χ2n) is 5.99. The molecular weight excluding hydrogens is 326 g/mol. The lowest BCUT2D eigenvalue weighted by Crippen LogP contribution is -2.41. The van der Waals surface area contributed by atoms with Crippen molar-refractivity contribution in [2.24, 2.45) is 4.99 Å². The highest BCUT2D eigenvalue weighted by Gasteiger charge is 2.31. The minimum atomic E-state index is 0.236. The van der Waals surface area contributed by atoms with Gasteiger partial charge in [-0.15, -0.1) is 11.3 Å². The first kappa shape index (κ1) is 18.6. The Kier molecular flexibility index (Phi) is 7.73. The van der Waals surface area contributed by atoms with Gasteiger partial charge >= 0.3 is 0 Å². The largest absolute Gasteiger partial charge is 0.381 e. The quantitative estimate of drug-likeness (QED) is 0.582. The van der Waals surface area contributed by atoms with Gasteiger partial charge in [0.1, 0.15) is 0 Å². The Bertz CT molecular complexity index is 470. The summed E-state index contributed by atoms with van der Waals surface area (Å²) < 4.78 is 5.75. The number of rotatable bonds is 7. The molecule has 1 aliphatic heterocycles. The average Bonchev–Trinajstić information content (AvgIpc) is 3.12. The zero-order valence-corrected chi connectivity index (χ0v) is 16.1. The Morgan fingerprint density at radius 2 is 2.22 bits per heavy atom. The van der Waals surface area contributed by atoms with Crippen molar-refractivity contribution in [2.75, 3.05) is 39.1 Å². The fraction of sp³-hybridized carbons (Fsp3) is 0.706. The van der Waals surface area contributed by atoms with Crippen molar-refractivity contribution in [3.8, 4) is 0 Å². The minimum absolute atomic E-state index is 0.236. The number of aliphatic imine (C=N–C) groups is 1. The van der Waals surface area contributed by atoms with Crippen LogP contribution >= 0.6 is 23.1 Å². The fourth-order valence-electron chi connectivity index (χ4n) is 2.66. The molecule has 0 amide bonds. The van der Waals surface area contributed by atoms with Crippen molar-refractivity contribution in [3.05, 3.63) is 22.4 Å². The van der Waals surface area contributed by atoms with E-state index in [1.165, 1.54) is 4.88 Å². The van der Waals surface area contributed by atoms with Crippen LogP contribution in [0.1, 0.15) is 37.5 Å². The topological polar surface area (TPSA) is 45.7 Å². The number of thiophene rings is 1. The van der Waals surface area contributed by atoms with Crippen LogP contribution < -0.4 is 10.6 Å². The third-order valence-electron chi connectivity index (χ3n) is 4.31. The minimum Gasteiger partial charge on any atom is -0.381 e. The molecule has 0 radical (unpaired) electrons. The van der Waals surface area contributed by atoms with Gasteiger partial charge in [0.05, 0.1) is 6.54 Å². The smallest absolute Gasteiger partial charge is 0.191 e. The molecule has 0 bridgehead atoms. The molecule has 130 valence electrons. The van der Waals surface area contributed by atoms with Crippen molar-refractivity contribution in [1.82, 2.24) is 10.6 Å². The summed E-state index contributed by atoms with van der Waals surface area (Å²) in [4.78, 5) is 6.27. The van der Waals surface area contributed by atoms with Gasteiger partial charge in [-0.2, -0.15) is 11.8 Å². The Hall–Kier alpha value is -0.720. The fourth-order valence-corrected chi connectivity index (χ4v) is 4.21. The molecule has 1 unspecified atom stereocenters. The predicted molar refractivity (Wildman–Crippen MR) is 103 cm³/mol. The van der Waals surface area contributed by atoms with E-state index in [0.717, 1.165) is 51.6 Å². The highest BCUT2D eigenvalue weighted by molar-refractivity contribution is 8.00. The zero-order valence-electron chi connectivity index (χ0n) is 14.4. The Balaban J connectivity index is 1.91.